The van der Waals surface area contributed by atoms with Gasteiger partial charge >= 0.3 is 0 Å². The molecule has 0 unspecified atom stereocenters. The van der Waals surface area contributed by atoms with E-state index in [4.69, 9.17) is 4.52 Å². The van der Waals surface area contributed by atoms with Crippen molar-refractivity contribution in [1.29, 1.82) is 0 Å². The van der Waals surface area contributed by atoms with Gasteiger partial charge in [0.05, 0.1) is 11.4 Å². The van der Waals surface area contributed by atoms with Crippen molar-refractivity contribution in [2.24, 2.45) is 0 Å². The van der Waals surface area contributed by atoms with Gasteiger partial charge in [-0.25, -0.2) is 8.42 Å². The van der Waals surface area contributed by atoms with Gasteiger partial charge < -0.3 is 9.84 Å². The number of amides is 1. The Morgan fingerprint density at radius 2 is 2.20 bits per heavy atom. The molecule has 0 aliphatic carbocycles. The van der Waals surface area contributed by atoms with Gasteiger partial charge in [0.2, 0.25) is 27.1 Å². The Bertz CT molecular complexity index is 963. The number of hydrogen-bond acceptors (Lipinski definition) is 10. The first-order chi connectivity index (χ1) is 12.0. The monoisotopic (exact) mass is 400 g/mol. The average Bonchev–Trinajstić information content (AvgIpc) is 3.33. The van der Waals surface area contributed by atoms with E-state index in [1.807, 2.05) is 17.5 Å². The van der Waals surface area contributed by atoms with Crippen LogP contribution >= 0.6 is 22.7 Å². The number of hydrogen-bond donors (Lipinski definition) is 2. The SMILES string of the molecule is CCC(=O)Nc1nnc(S(=O)(=O)NCc2nc(-c3cccs3)no2)s1. The molecule has 3 aromatic heterocycles. The number of aromatic nitrogens is 4. The van der Waals surface area contributed by atoms with Crippen molar-refractivity contribution in [3.8, 4) is 10.7 Å². The number of sulfonamides is 1. The first-order valence-electron chi connectivity index (χ1n) is 6.97. The van der Waals surface area contributed by atoms with Crippen LogP contribution in [0.4, 0.5) is 5.13 Å². The zero-order chi connectivity index (χ0) is 17.9. The lowest BCUT2D eigenvalue weighted by molar-refractivity contribution is -0.115. The van der Waals surface area contributed by atoms with Crippen molar-refractivity contribution < 1.29 is 17.7 Å². The van der Waals surface area contributed by atoms with E-state index in [1.165, 1.54) is 11.3 Å². The highest BCUT2D eigenvalue weighted by molar-refractivity contribution is 7.91. The summed E-state index contributed by atoms with van der Waals surface area (Å²) in [7, 11) is -3.91. The van der Waals surface area contributed by atoms with E-state index >= 15 is 0 Å². The van der Waals surface area contributed by atoms with Crippen LogP contribution in [0.1, 0.15) is 19.2 Å². The molecule has 0 aromatic carbocycles. The molecule has 3 heterocycles. The minimum absolute atomic E-state index is 0.116. The van der Waals surface area contributed by atoms with Crippen LogP contribution < -0.4 is 10.0 Å². The largest absolute Gasteiger partial charge is 0.337 e. The van der Waals surface area contributed by atoms with Gasteiger partial charge in [-0.1, -0.05) is 29.5 Å². The lowest BCUT2D eigenvalue weighted by Crippen LogP contribution is -2.23. The third kappa shape index (κ3) is 4.25. The summed E-state index contributed by atoms with van der Waals surface area (Å²) >= 11 is 2.20. The van der Waals surface area contributed by atoms with Crippen molar-refractivity contribution in [3.63, 3.8) is 0 Å². The maximum absolute atomic E-state index is 12.2. The van der Waals surface area contributed by atoms with Crippen LogP contribution in [0.5, 0.6) is 0 Å². The predicted molar refractivity (Wildman–Crippen MR) is 90.5 cm³/mol. The van der Waals surface area contributed by atoms with Crippen molar-refractivity contribution in [1.82, 2.24) is 25.1 Å². The summed E-state index contributed by atoms with van der Waals surface area (Å²) < 4.78 is 31.5. The van der Waals surface area contributed by atoms with Crippen molar-refractivity contribution in [2.75, 3.05) is 5.32 Å². The van der Waals surface area contributed by atoms with Gasteiger partial charge in [-0.15, -0.1) is 21.5 Å². The molecule has 0 radical (unpaired) electrons. The second-order valence-electron chi connectivity index (χ2n) is 4.59. The van der Waals surface area contributed by atoms with Crippen molar-refractivity contribution in [2.45, 2.75) is 24.2 Å². The molecule has 0 saturated heterocycles. The zero-order valence-corrected chi connectivity index (χ0v) is 15.2. The molecule has 132 valence electrons. The number of carbonyl (C=O) groups is 1. The number of nitrogens with zero attached hydrogens (tertiary/aromatic N) is 4. The van der Waals surface area contributed by atoms with E-state index in [-0.39, 0.29) is 34.2 Å². The molecule has 10 nitrogen and oxygen atoms in total. The Hall–Kier alpha value is -2.22. The molecule has 3 rings (SSSR count). The van der Waals surface area contributed by atoms with E-state index < -0.39 is 10.0 Å². The minimum Gasteiger partial charge on any atom is -0.337 e. The standard InChI is InChI=1S/C12H12N6O4S3/c1-2-8(19)14-11-16-17-12(24-11)25(20,21)13-6-9-15-10(18-22-9)7-4-3-5-23-7/h3-5,13H,2,6H2,1H3,(H,14,16,19). The van der Waals surface area contributed by atoms with Gasteiger partial charge in [-0.2, -0.15) is 9.71 Å². The molecule has 0 aliphatic heterocycles. The molecule has 25 heavy (non-hydrogen) atoms. The normalized spacial score (nSPS) is 11.6. The lowest BCUT2D eigenvalue weighted by atomic mass is 10.4. The third-order valence-electron chi connectivity index (χ3n) is 2.83. The Labute approximate surface area is 150 Å². The van der Waals surface area contributed by atoms with E-state index in [2.05, 4.69) is 30.4 Å². The molecule has 0 spiro atoms. The highest BCUT2D eigenvalue weighted by Crippen LogP contribution is 2.22. The summed E-state index contributed by atoms with van der Waals surface area (Å²) in [5.41, 5.74) is 0. The Kier molecular flexibility index (Phi) is 5.17. The summed E-state index contributed by atoms with van der Waals surface area (Å²) in [6.07, 6.45) is 0.254. The summed E-state index contributed by atoms with van der Waals surface area (Å²) in [6, 6.07) is 3.68. The molecular formula is C12H12N6O4S3. The lowest BCUT2D eigenvalue weighted by Gasteiger charge is -1.99. The Morgan fingerprint density at radius 1 is 1.36 bits per heavy atom. The van der Waals surface area contributed by atoms with Crippen LogP contribution in [-0.4, -0.2) is 34.7 Å². The summed E-state index contributed by atoms with van der Waals surface area (Å²) in [5.74, 6) is 0.237. The third-order valence-corrected chi connectivity index (χ3v) is 6.30. The highest BCUT2D eigenvalue weighted by Gasteiger charge is 2.22. The van der Waals surface area contributed by atoms with E-state index in [0.29, 0.717) is 5.82 Å². The van der Waals surface area contributed by atoms with Crippen LogP contribution in [0.15, 0.2) is 26.4 Å². The van der Waals surface area contributed by atoms with Gasteiger partial charge in [0.15, 0.2) is 0 Å². The predicted octanol–water partition coefficient (Wildman–Crippen LogP) is 1.48. The molecule has 0 fully saturated rings. The van der Waals surface area contributed by atoms with E-state index in [1.54, 1.807) is 6.92 Å². The number of thiophene rings is 1. The molecule has 13 heteroatoms. The highest BCUT2D eigenvalue weighted by atomic mass is 32.2. The van der Waals surface area contributed by atoms with E-state index in [9.17, 15) is 13.2 Å². The fourth-order valence-electron chi connectivity index (χ4n) is 1.63. The number of nitrogens with one attached hydrogen (secondary N) is 2. The molecule has 1 amide bonds. The summed E-state index contributed by atoms with van der Waals surface area (Å²) in [4.78, 5) is 16.2. The summed E-state index contributed by atoms with van der Waals surface area (Å²) in [6.45, 7) is 1.49. The van der Waals surface area contributed by atoms with Crippen LogP contribution in [-0.2, 0) is 21.4 Å². The number of rotatable bonds is 7. The maximum Gasteiger partial charge on any atom is 0.270 e. The van der Waals surface area contributed by atoms with E-state index in [0.717, 1.165) is 16.2 Å². The number of carbonyl (C=O) groups excluding carboxylic acids is 1. The average molecular weight is 400 g/mol. The van der Waals surface area contributed by atoms with Gasteiger partial charge in [-0.3, -0.25) is 4.79 Å². The maximum atomic E-state index is 12.2. The van der Waals surface area contributed by atoms with Crippen LogP contribution in [0, 0.1) is 0 Å². The smallest absolute Gasteiger partial charge is 0.270 e. The minimum atomic E-state index is -3.91. The fraction of sp³-hybridized carbons (Fsp3) is 0.250. The second-order valence-corrected chi connectivity index (χ2v) is 8.45. The molecule has 0 saturated carbocycles. The van der Waals surface area contributed by atoms with Gasteiger partial charge in [0.1, 0.15) is 0 Å². The summed E-state index contributed by atoms with van der Waals surface area (Å²) in [5, 5.41) is 15.4. The Balaban J connectivity index is 1.65. The van der Waals surface area contributed by atoms with Crippen LogP contribution in [0.3, 0.4) is 0 Å². The van der Waals surface area contributed by atoms with Crippen molar-refractivity contribution >= 4 is 43.7 Å². The van der Waals surface area contributed by atoms with Crippen LogP contribution in [0.2, 0.25) is 0 Å². The number of anilines is 1. The molecule has 0 atom stereocenters. The quantitative estimate of drug-likeness (QED) is 0.568. The molecular weight excluding hydrogens is 388 g/mol. The zero-order valence-electron chi connectivity index (χ0n) is 12.8. The molecule has 0 bridgehead atoms. The molecule has 2 N–H and O–H groups in total. The second kappa shape index (κ2) is 7.35. The van der Waals surface area contributed by atoms with Gasteiger partial charge in [0, 0.05) is 6.42 Å². The Morgan fingerprint density at radius 3 is 2.92 bits per heavy atom. The first-order valence-corrected chi connectivity index (χ1v) is 10.2. The van der Waals surface area contributed by atoms with Gasteiger partial charge in [0.25, 0.3) is 10.0 Å². The van der Waals surface area contributed by atoms with Crippen LogP contribution in [0.25, 0.3) is 10.7 Å². The topological polar surface area (TPSA) is 140 Å². The molecule has 0 aliphatic rings. The molecule has 3 aromatic rings. The van der Waals surface area contributed by atoms with Crippen molar-refractivity contribution in [3.05, 3.63) is 23.4 Å². The van der Waals surface area contributed by atoms with Gasteiger partial charge in [-0.05, 0) is 11.4 Å². The fourth-order valence-corrected chi connectivity index (χ4v) is 4.21. The first kappa shape index (κ1) is 17.6.